The number of nitrogens with two attached hydrogens (primary N) is 1. The first-order valence-corrected chi connectivity index (χ1v) is 20.2. The number of nitrogens with one attached hydrogen (secondary N) is 1. The van der Waals surface area contributed by atoms with Crippen LogP contribution in [0.3, 0.4) is 0 Å². The Morgan fingerprint density at radius 2 is 1.85 bits per heavy atom. The van der Waals surface area contributed by atoms with Gasteiger partial charge in [0, 0.05) is 16.4 Å². The lowest BCUT2D eigenvalue weighted by atomic mass is 10.0. The highest BCUT2D eigenvalue weighted by Crippen LogP contribution is 2.66. The number of phosphoric ester groups is 1. The molecule has 0 spiro atoms. The zero-order chi connectivity index (χ0) is 34.9. The Bertz CT molecular complexity index is 1830. The van der Waals surface area contributed by atoms with Crippen molar-refractivity contribution in [2.45, 2.75) is 62.5 Å². The molecular formula is C23H32N5O14P3S2. The van der Waals surface area contributed by atoms with Crippen LogP contribution in [0.2, 0.25) is 0 Å². The van der Waals surface area contributed by atoms with Crippen molar-refractivity contribution >= 4 is 68.1 Å². The number of aromatic nitrogens is 4. The molecule has 3 heterocycles. The van der Waals surface area contributed by atoms with E-state index in [4.69, 9.17) is 29.5 Å². The van der Waals surface area contributed by atoms with Crippen LogP contribution < -0.4 is 11.3 Å². The molecule has 3 aromatic rings. The lowest BCUT2D eigenvalue weighted by Gasteiger charge is -2.23. The molecule has 1 aromatic carbocycles. The molecule has 47 heavy (non-hydrogen) atoms. The van der Waals surface area contributed by atoms with Gasteiger partial charge in [0.05, 0.1) is 18.5 Å². The highest BCUT2D eigenvalue weighted by atomic mass is 33.1. The minimum atomic E-state index is -5.79. The molecule has 19 nitrogen and oxygen atoms in total. The second-order valence-corrected chi connectivity index (χ2v) is 18.8. The number of phosphoric acid groups is 3. The number of anilines is 1. The fraction of sp³-hybridized carbons (Fsp3) is 0.478. The van der Waals surface area contributed by atoms with Gasteiger partial charge < -0.3 is 34.8 Å². The maximum atomic E-state index is 13.6. The van der Waals surface area contributed by atoms with Gasteiger partial charge in [-0.05, 0) is 18.6 Å². The van der Waals surface area contributed by atoms with Gasteiger partial charge in [-0.25, -0.2) is 23.5 Å². The van der Waals surface area contributed by atoms with Crippen LogP contribution in [0.5, 0.6) is 0 Å². The van der Waals surface area contributed by atoms with Crippen molar-refractivity contribution in [3.8, 4) is 0 Å². The van der Waals surface area contributed by atoms with E-state index in [-0.39, 0.29) is 39.1 Å². The molecule has 4 rings (SSSR count). The van der Waals surface area contributed by atoms with E-state index in [0.29, 0.717) is 5.56 Å². The minimum Gasteiger partial charge on any atom is -0.456 e. The van der Waals surface area contributed by atoms with Gasteiger partial charge in [0.2, 0.25) is 5.95 Å². The number of esters is 1. The number of nitrogens with zero attached hydrogens (tertiary/aromatic N) is 3. The van der Waals surface area contributed by atoms with Crippen LogP contribution in [-0.4, -0.2) is 68.6 Å². The van der Waals surface area contributed by atoms with Gasteiger partial charge in [0.15, 0.2) is 11.2 Å². The molecule has 0 radical (unpaired) electrons. The Kier molecular flexibility index (Phi) is 11.6. The van der Waals surface area contributed by atoms with Crippen molar-refractivity contribution in [2.24, 2.45) is 0 Å². The Balaban J connectivity index is 1.59. The molecule has 260 valence electrons. The number of fused-ring (bicyclic) bond motifs is 1. The van der Waals surface area contributed by atoms with E-state index in [1.807, 2.05) is 6.92 Å². The van der Waals surface area contributed by atoms with Crippen LogP contribution in [0.1, 0.15) is 61.5 Å². The topological polar surface area (TPSA) is 285 Å². The standard InChI is InChI=1S/C23H32N5O14P3S2/c1-12(46-47-23(2,3)4)13-7-5-6-8-14(13)21(30)40-15-9-17(28-11-25-18-19(28)26-22(24)27-20(18)29)39-16(15)10-38-44(34,35)42-45(36,37)41-43(31,32)33/h5-8,11-12,15-17H,9-10H2,1-4H3,(H,34,35)(H,36,37)(H2,31,32,33)(H3,24,26,27,29)/t12?,15?,16-,17-/m1/s1. The summed E-state index contributed by atoms with van der Waals surface area (Å²) in [7, 11) is -13.8. The van der Waals surface area contributed by atoms with Gasteiger partial charge in [0.25, 0.3) is 5.56 Å². The van der Waals surface area contributed by atoms with Gasteiger partial charge in [-0.15, -0.1) is 0 Å². The quantitative estimate of drug-likeness (QED) is 0.0820. The number of hydrogen-bond acceptors (Lipinski definition) is 15. The average Bonchev–Trinajstić information content (AvgIpc) is 3.52. The molecule has 0 saturated carbocycles. The van der Waals surface area contributed by atoms with Gasteiger partial charge in [-0.1, -0.05) is 60.6 Å². The number of H-pyrrole nitrogens is 1. The summed E-state index contributed by atoms with van der Waals surface area (Å²) in [4.78, 5) is 73.3. The first-order valence-electron chi connectivity index (χ1n) is 13.4. The number of ether oxygens (including phenoxy) is 2. The summed E-state index contributed by atoms with van der Waals surface area (Å²) < 4.78 is 60.5. The van der Waals surface area contributed by atoms with Gasteiger partial charge in [-0.2, -0.15) is 13.6 Å². The molecule has 1 aliphatic heterocycles. The second kappa shape index (κ2) is 14.4. The van der Waals surface area contributed by atoms with E-state index in [9.17, 15) is 33.1 Å². The van der Waals surface area contributed by atoms with E-state index in [1.165, 1.54) is 10.9 Å². The molecule has 0 amide bonds. The summed E-state index contributed by atoms with van der Waals surface area (Å²) in [5.74, 6) is -0.983. The van der Waals surface area contributed by atoms with Crippen molar-refractivity contribution in [3.05, 3.63) is 52.1 Å². The molecule has 1 aliphatic rings. The fourth-order valence-electron chi connectivity index (χ4n) is 4.28. The molecule has 1 saturated heterocycles. The van der Waals surface area contributed by atoms with Crippen molar-refractivity contribution < 1.29 is 60.7 Å². The summed E-state index contributed by atoms with van der Waals surface area (Å²) >= 11 is 0. The first kappa shape index (κ1) is 37.7. The second-order valence-electron chi connectivity index (χ2n) is 11.0. The Morgan fingerprint density at radius 3 is 2.51 bits per heavy atom. The van der Waals surface area contributed by atoms with Crippen molar-refractivity contribution in [2.75, 3.05) is 12.3 Å². The number of aromatic amines is 1. The number of imidazole rings is 1. The highest BCUT2D eigenvalue weighted by Gasteiger charge is 2.44. The maximum Gasteiger partial charge on any atom is 0.490 e. The normalized spacial score (nSPS) is 22.1. The summed E-state index contributed by atoms with van der Waals surface area (Å²) in [6.45, 7) is 7.19. The molecule has 7 N–H and O–H groups in total. The largest absolute Gasteiger partial charge is 0.490 e. The van der Waals surface area contributed by atoms with Crippen molar-refractivity contribution in [3.63, 3.8) is 0 Å². The molecular weight excluding hydrogens is 727 g/mol. The van der Waals surface area contributed by atoms with Crippen LogP contribution in [0.4, 0.5) is 5.95 Å². The number of carbonyl (C=O) groups is 1. The monoisotopic (exact) mass is 759 g/mol. The predicted molar refractivity (Wildman–Crippen MR) is 170 cm³/mol. The Hall–Kier alpha value is -2.09. The third-order valence-corrected chi connectivity index (χ3v) is 13.7. The number of carbonyl (C=O) groups excluding carboxylic acids is 1. The number of rotatable bonds is 13. The van der Waals surface area contributed by atoms with E-state index in [1.54, 1.807) is 45.9 Å². The third kappa shape index (κ3) is 10.4. The Morgan fingerprint density at radius 1 is 1.17 bits per heavy atom. The molecule has 4 unspecified atom stereocenters. The summed E-state index contributed by atoms with van der Waals surface area (Å²) in [6, 6.07) is 6.78. The van der Waals surface area contributed by atoms with Crippen LogP contribution in [0.25, 0.3) is 11.2 Å². The van der Waals surface area contributed by atoms with Crippen molar-refractivity contribution in [1.82, 2.24) is 19.5 Å². The average molecular weight is 760 g/mol. The van der Waals surface area contributed by atoms with Gasteiger partial charge in [-0.3, -0.25) is 18.9 Å². The molecule has 1 fully saturated rings. The van der Waals surface area contributed by atoms with E-state index >= 15 is 0 Å². The lowest BCUT2D eigenvalue weighted by Crippen LogP contribution is -2.31. The Labute approximate surface area is 274 Å². The number of nitrogen functional groups attached to an aromatic ring is 1. The zero-order valence-electron chi connectivity index (χ0n) is 25.1. The summed E-state index contributed by atoms with van der Waals surface area (Å²) in [5.41, 5.74) is 5.91. The smallest absolute Gasteiger partial charge is 0.456 e. The predicted octanol–water partition coefficient (Wildman–Crippen LogP) is 3.80. The molecule has 0 bridgehead atoms. The molecule has 6 atom stereocenters. The fourth-order valence-corrected chi connectivity index (χ4v) is 9.66. The lowest BCUT2D eigenvalue weighted by molar-refractivity contribution is -0.0490. The SMILES string of the molecule is CC(SSC(C)(C)C)c1ccccc1C(=O)OC1C[C@H](n2cnc3c(=O)[nH]c(N)nc32)O[C@@H]1COP(=O)(O)OP(=O)(O)OP(=O)(O)O. The first-order chi connectivity index (χ1) is 21.6. The van der Waals surface area contributed by atoms with E-state index < -0.39 is 60.0 Å². The molecule has 2 aromatic heterocycles. The van der Waals surface area contributed by atoms with E-state index in [2.05, 4.69) is 44.3 Å². The maximum absolute atomic E-state index is 13.6. The van der Waals surface area contributed by atoms with Crippen LogP contribution in [0, 0.1) is 0 Å². The van der Waals surface area contributed by atoms with Gasteiger partial charge >= 0.3 is 29.4 Å². The summed E-state index contributed by atoms with van der Waals surface area (Å²) in [6.07, 6.45) is -2.49. The molecule has 24 heteroatoms. The summed E-state index contributed by atoms with van der Waals surface area (Å²) in [5, 5.41) is -0.136. The highest BCUT2D eigenvalue weighted by molar-refractivity contribution is 8.77. The van der Waals surface area contributed by atoms with Gasteiger partial charge in [0.1, 0.15) is 18.4 Å². The van der Waals surface area contributed by atoms with Crippen molar-refractivity contribution in [1.29, 1.82) is 0 Å². The number of benzene rings is 1. The zero-order valence-corrected chi connectivity index (χ0v) is 29.4. The van der Waals surface area contributed by atoms with E-state index in [0.717, 1.165) is 0 Å². The third-order valence-electron chi connectivity index (χ3n) is 6.08. The molecule has 0 aliphatic carbocycles. The number of hydrogen-bond donors (Lipinski definition) is 6. The van der Waals surface area contributed by atoms with Crippen LogP contribution in [0.15, 0.2) is 35.4 Å². The van der Waals surface area contributed by atoms with Crippen LogP contribution in [-0.2, 0) is 36.3 Å². The minimum absolute atomic E-state index is 0.0161. The van der Waals surface area contributed by atoms with Crippen LogP contribution >= 0.6 is 45.1 Å².